The highest BCUT2D eigenvalue weighted by atomic mass is 16.2. The number of anilines is 1. The average Bonchev–Trinajstić information content (AvgIpc) is 3.00. The van der Waals surface area contributed by atoms with E-state index in [2.05, 4.69) is 25.8 Å². The Labute approximate surface area is 134 Å². The number of hydrogen-bond donors (Lipinski definition) is 3. The van der Waals surface area contributed by atoms with Gasteiger partial charge >= 0.3 is 0 Å². The lowest BCUT2D eigenvalue weighted by Gasteiger charge is -2.02. The summed E-state index contributed by atoms with van der Waals surface area (Å²) in [5, 5.41) is 11.6. The van der Waals surface area contributed by atoms with Crippen molar-refractivity contribution in [1.29, 1.82) is 0 Å². The van der Waals surface area contributed by atoms with Crippen molar-refractivity contribution in [3.8, 4) is 0 Å². The predicted molar refractivity (Wildman–Crippen MR) is 87.6 cm³/mol. The summed E-state index contributed by atoms with van der Waals surface area (Å²) in [7, 11) is 0. The molecule has 23 heavy (non-hydrogen) atoms. The van der Waals surface area contributed by atoms with E-state index in [9.17, 15) is 9.59 Å². The molecule has 0 aliphatic carbocycles. The topological polar surface area (TPSA) is 99.8 Å². The van der Waals surface area contributed by atoms with Crippen LogP contribution in [-0.2, 0) is 9.59 Å². The van der Waals surface area contributed by atoms with Crippen molar-refractivity contribution >= 4 is 23.8 Å². The van der Waals surface area contributed by atoms with Crippen LogP contribution in [-0.4, -0.2) is 33.5 Å². The van der Waals surface area contributed by atoms with Crippen LogP contribution in [0.25, 0.3) is 6.08 Å². The van der Waals surface area contributed by atoms with E-state index in [-0.39, 0.29) is 30.2 Å². The number of nitrogens with one attached hydrogen (secondary N) is 3. The highest BCUT2D eigenvalue weighted by Crippen LogP contribution is 2.09. The van der Waals surface area contributed by atoms with Crippen molar-refractivity contribution in [3.05, 3.63) is 47.8 Å². The van der Waals surface area contributed by atoms with Crippen molar-refractivity contribution in [1.82, 2.24) is 20.5 Å². The molecule has 0 spiro atoms. The van der Waals surface area contributed by atoms with Gasteiger partial charge in [-0.1, -0.05) is 44.2 Å². The zero-order valence-electron chi connectivity index (χ0n) is 13.0. The van der Waals surface area contributed by atoms with Gasteiger partial charge in [0.05, 0.1) is 6.54 Å². The molecule has 2 rings (SSSR count). The highest BCUT2D eigenvalue weighted by molar-refractivity contribution is 5.97. The lowest BCUT2D eigenvalue weighted by molar-refractivity contribution is -0.121. The average molecular weight is 313 g/mol. The summed E-state index contributed by atoms with van der Waals surface area (Å²) in [4.78, 5) is 27.5. The number of carbonyl (C=O) groups excluding carboxylic acids is 2. The Morgan fingerprint density at radius 3 is 2.65 bits per heavy atom. The third-order valence-corrected chi connectivity index (χ3v) is 2.95. The first kappa shape index (κ1) is 16.4. The van der Waals surface area contributed by atoms with Gasteiger partial charge < -0.3 is 5.32 Å². The molecular weight excluding hydrogens is 294 g/mol. The maximum atomic E-state index is 11.7. The number of aromatic nitrogens is 3. The minimum atomic E-state index is -0.388. The van der Waals surface area contributed by atoms with E-state index in [1.54, 1.807) is 6.08 Å². The van der Waals surface area contributed by atoms with Crippen molar-refractivity contribution in [2.24, 2.45) is 0 Å². The van der Waals surface area contributed by atoms with Crippen LogP contribution < -0.4 is 10.6 Å². The van der Waals surface area contributed by atoms with Crippen molar-refractivity contribution < 1.29 is 9.59 Å². The van der Waals surface area contributed by atoms with Gasteiger partial charge in [-0.2, -0.15) is 4.98 Å². The molecule has 0 aliphatic heterocycles. The Balaban J connectivity index is 1.77. The van der Waals surface area contributed by atoms with Crippen LogP contribution in [0.3, 0.4) is 0 Å². The fourth-order valence-corrected chi connectivity index (χ4v) is 1.72. The van der Waals surface area contributed by atoms with Crippen molar-refractivity contribution in [2.75, 3.05) is 11.9 Å². The Hall–Kier alpha value is -2.96. The van der Waals surface area contributed by atoms with E-state index >= 15 is 0 Å². The quantitative estimate of drug-likeness (QED) is 0.707. The fourth-order valence-electron chi connectivity index (χ4n) is 1.72. The van der Waals surface area contributed by atoms with Gasteiger partial charge in [-0.3, -0.25) is 20.0 Å². The van der Waals surface area contributed by atoms with Gasteiger partial charge in [0, 0.05) is 12.0 Å². The zero-order chi connectivity index (χ0) is 16.7. The molecule has 0 saturated heterocycles. The van der Waals surface area contributed by atoms with Crippen LogP contribution in [0.1, 0.15) is 31.2 Å². The van der Waals surface area contributed by atoms with E-state index in [0.29, 0.717) is 5.82 Å². The molecule has 1 aromatic heterocycles. The number of H-pyrrole nitrogens is 1. The van der Waals surface area contributed by atoms with Crippen molar-refractivity contribution in [2.45, 2.75) is 19.8 Å². The minimum Gasteiger partial charge on any atom is -0.343 e. The molecule has 2 aromatic rings. The third-order valence-electron chi connectivity index (χ3n) is 2.95. The third kappa shape index (κ3) is 5.39. The largest absolute Gasteiger partial charge is 0.343 e. The molecule has 1 heterocycles. The van der Waals surface area contributed by atoms with Gasteiger partial charge in [0.25, 0.3) is 0 Å². The Morgan fingerprint density at radius 2 is 2.00 bits per heavy atom. The van der Waals surface area contributed by atoms with Crippen LogP contribution >= 0.6 is 0 Å². The summed E-state index contributed by atoms with van der Waals surface area (Å²) in [6.45, 7) is 3.78. The number of nitrogens with zero attached hydrogens (tertiary/aromatic N) is 2. The first-order chi connectivity index (χ1) is 11.0. The summed E-state index contributed by atoms with van der Waals surface area (Å²) >= 11 is 0. The molecular formula is C16H19N5O2. The van der Waals surface area contributed by atoms with Gasteiger partial charge in [0.1, 0.15) is 5.82 Å². The fraction of sp³-hybridized carbons (Fsp3) is 0.250. The molecule has 1 aromatic carbocycles. The number of carbonyl (C=O) groups is 2. The number of rotatable bonds is 6. The second kappa shape index (κ2) is 7.88. The van der Waals surface area contributed by atoms with E-state index in [4.69, 9.17) is 0 Å². The molecule has 0 unspecified atom stereocenters. The Bertz CT molecular complexity index is 692. The van der Waals surface area contributed by atoms with E-state index in [0.717, 1.165) is 5.56 Å². The smallest absolute Gasteiger partial charge is 0.248 e. The van der Waals surface area contributed by atoms with Crippen LogP contribution in [0.2, 0.25) is 0 Å². The second-order valence-electron chi connectivity index (χ2n) is 5.21. The molecule has 0 bridgehead atoms. The van der Waals surface area contributed by atoms with Crippen LogP contribution in [0.15, 0.2) is 36.4 Å². The second-order valence-corrected chi connectivity index (χ2v) is 5.21. The maximum absolute atomic E-state index is 11.7. The lowest BCUT2D eigenvalue weighted by atomic mass is 10.2. The molecule has 7 heteroatoms. The number of benzene rings is 1. The molecule has 120 valence electrons. The Morgan fingerprint density at radius 1 is 1.26 bits per heavy atom. The summed E-state index contributed by atoms with van der Waals surface area (Å²) in [6.07, 6.45) is 3.06. The highest BCUT2D eigenvalue weighted by Gasteiger charge is 2.10. The van der Waals surface area contributed by atoms with Crippen molar-refractivity contribution in [3.63, 3.8) is 0 Å². The lowest BCUT2D eigenvalue weighted by Crippen LogP contribution is -2.32. The molecule has 0 saturated carbocycles. The Kier molecular flexibility index (Phi) is 5.62. The molecule has 0 radical (unpaired) electrons. The molecule has 0 fully saturated rings. The van der Waals surface area contributed by atoms with Crippen LogP contribution in [0.5, 0.6) is 0 Å². The molecule has 2 amide bonds. The number of aromatic amines is 1. The molecule has 0 aliphatic rings. The number of hydrogen-bond acceptors (Lipinski definition) is 4. The first-order valence-electron chi connectivity index (χ1n) is 7.27. The van der Waals surface area contributed by atoms with E-state index in [1.165, 1.54) is 6.08 Å². The van der Waals surface area contributed by atoms with Crippen LogP contribution in [0, 0.1) is 0 Å². The predicted octanol–water partition coefficient (Wildman–Crippen LogP) is 1.70. The minimum absolute atomic E-state index is 0.149. The summed E-state index contributed by atoms with van der Waals surface area (Å²) < 4.78 is 0. The van der Waals surface area contributed by atoms with Gasteiger partial charge in [0.15, 0.2) is 0 Å². The van der Waals surface area contributed by atoms with Gasteiger partial charge in [-0.15, -0.1) is 5.10 Å². The zero-order valence-corrected chi connectivity index (χ0v) is 13.0. The van der Waals surface area contributed by atoms with E-state index in [1.807, 2.05) is 44.2 Å². The summed E-state index contributed by atoms with van der Waals surface area (Å²) in [5.74, 6) is 0.349. The van der Waals surface area contributed by atoms with E-state index < -0.39 is 0 Å². The SMILES string of the molecule is CC(C)c1nc(NC(=O)CNC(=O)/C=C/c2ccccc2)n[nH]1. The molecule has 7 nitrogen and oxygen atoms in total. The number of amides is 2. The van der Waals surface area contributed by atoms with Gasteiger partial charge in [-0.25, -0.2) is 0 Å². The molecule has 3 N–H and O–H groups in total. The monoisotopic (exact) mass is 313 g/mol. The first-order valence-corrected chi connectivity index (χ1v) is 7.27. The summed E-state index contributed by atoms with van der Waals surface area (Å²) in [5.41, 5.74) is 0.911. The summed E-state index contributed by atoms with van der Waals surface area (Å²) in [6, 6.07) is 9.42. The van der Waals surface area contributed by atoms with Crippen LogP contribution in [0.4, 0.5) is 5.95 Å². The normalized spacial score (nSPS) is 10.9. The standard InChI is InChI=1S/C16H19N5O2/c1-11(2)15-19-16(21-20-15)18-14(23)10-17-13(22)9-8-12-6-4-3-5-7-12/h3-9,11H,10H2,1-2H3,(H,17,22)(H2,18,19,20,21,23)/b9-8+. The molecule has 0 atom stereocenters. The van der Waals surface area contributed by atoms with Gasteiger partial charge in [-0.05, 0) is 11.6 Å². The van der Waals surface area contributed by atoms with Gasteiger partial charge in [0.2, 0.25) is 17.8 Å². The maximum Gasteiger partial charge on any atom is 0.248 e.